The summed E-state index contributed by atoms with van der Waals surface area (Å²) in [6.07, 6.45) is 6.50. The molecule has 4 nitrogen and oxygen atoms in total. The molecule has 2 aromatic heterocycles. The maximum atomic E-state index is 12.2. The second-order valence-electron chi connectivity index (χ2n) is 5.36. The van der Waals surface area contributed by atoms with Gasteiger partial charge in [-0.15, -0.1) is 0 Å². The SMILES string of the molecule is CCCNC(=O)c1cc2occc2n1CC1CCC1. The Hall–Kier alpha value is -1.71. The Kier molecular flexibility index (Phi) is 3.32. The smallest absolute Gasteiger partial charge is 0.268 e. The molecule has 1 saturated carbocycles. The van der Waals surface area contributed by atoms with Crippen molar-refractivity contribution >= 4 is 17.0 Å². The second kappa shape index (κ2) is 5.11. The van der Waals surface area contributed by atoms with Gasteiger partial charge in [0.05, 0.1) is 11.8 Å². The first-order valence-corrected chi connectivity index (χ1v) is 7.14. The molecule has 4 heteroatoms. The average Bonchev–Trinajstić information content (AvgIpc) is 2.91. The van der Waals surface area contributed by atoms with Gasteiger partial charge in [-0.1, -0.05) is 13.3 Å². The van der Waals surface area contributed by atoms with E-state index < -0.39 is 0 Å². The third-order valence-corrected chi connectivity index (χ3v) is 3.96. The number of carbonyl (C=O) groups is 1. The molecular weight excluding hydrogens is 240 g/mol. The molecule has 1 N–H and O–H groups in total. The zero-order chi connectivity index (χ0) is 13.2. The van der Waals surface area contributed by atoms with Crippen molar-refractivity contribution in [1.29, 1.82) is 0 Å². The second-order valence-corrected chi connectivity index (χ2v) is 5.36. The lowest BCUT2D eigenvalue weighted by Crippen LogP contribution is -2.28. The molecule has 1 fully saturated rings. The van der Waals surface area contributed by atoms with Crippen molar-refractivity contribution in [2.45, 2.75) is 39.2 Å². The minimum absolute atomic E-state index is 0.00701. The molecule has 2 aromatic rings. The molecule has 3 rings (SSSR count). The molecule has 0 spiro atoms. The summed E-state index contributed by atoms with van der Waals surface area (Å²) in [6.45, 7) is 3.70. The minimum atomic E-state index is 0.00701. The number of rotatable bonds is 5. The molecule has 1 aliphatic carbocycles. The van der Waals surface area contributed by atoms with Crippen molar-refractivity contribution in [1.82, 2.24) is 9.88 Å². The molecule has 0 saturated heterocycles. The zero-order valence-corrected chi connectivity index (χ0v) is 11.3. The molecule has 19 heavy (non-hydrogen) atoms. The van der Waals surface area contributed by atoms with Crippen LogP contribution in [-0.4, -0.2) is 17.0 Å². The first-order chi connectivity index (χ1) is 9.29. The summed E-state index contributed by atoms with van der Waals surface area (Å²) in [5, 5.41) is 2.95. The molecule has 0 bridgehead atoms. The summed E-state index contributed by atoms with van der Waals surface area (Å²) in [5.41, 5.74) is 2.57. The summed E-state index contributed by atoms with van der Waals surface area (Å²) < 4.78 is 7.54. The predicted molar refractivity (Wildman–Crippen MR) is 74.2 cm³/mol. The highest BCUT2D eigenvalue weighted by atomic mass is 16.3. The standard InChI is InChI=1S/C15H20N2O2/c1-2-7-16-15(18)13-9-14-12(6-8-19-14)17(13)10-11-4-3-5-11/h6,8-9,11H,2-5,7,10H2,1H3,(H,16,18). The van der Waals surface area contributed by atoms with Gasteiger partial charge in [-0.25, -0.2) is 0 Å². The van der Waals surface area contributed by atoms with Crippen molar-refractivity contribution in [3.05, 3.63) is 24.1 Å². The largest absolute Gasteiger partial charge is 0.463 e. The number of furan rings is 1. The van der Waals surface area contributed by atoms with Crippen LogP contribution in [0, 0.1) is 5.92 Å². The lowest BCUT2D eigenvalue weighted by Gasteiger charge is -2.26. The van der Waals surface area contributed by atoms with Crippen molar-refractivity contribution in [3.63, 3.8) is 0 Å². The predicted octanol–water partition coefficient (Wildman–Crippen LogP) is 3.17. The normalized spacial score (nSPS) is 15.6. The van der Waals surface area contributed by atoms with Crippen molar-refractivity contribution in [2.24, 2.45) is 5.92 Å². The lowest BCUT2D eigenvalue weighted by molar-refractivity contribution is 0.0942. The molecule has 0 atom stereocenters. The van der Waals surface area contributed by atoms with Crippen molar-refractivity contribution in [2.75, 3.05) is 6.54 Å². The fourth-order valence-electron chi connectivity index (χ4n) is 2.62. The van der Waals surface area contributed by atoms with Gasteiger partial charge < -0.3 is 14.3 Å². The van der Waals surface area contributed by atoms with Gasteiger partial charge in [0.2, 0.25) is 0 Å². The molecule has 0 unspecified atom stereocenters. The van der Waals surface area contributed by atoms with Crippen LogP contribution in [0.2, 0.25) is 0 Å². The van der Waals surface area contributed by atoms with Crippen LogP contribution in [0.3, 0.4) is 0 Å². The van der Waals surface area contributed by atoms with Crippen molar-refractivity contribution in [3.8, 4) is 0 Å². The number of aromatic nitrogens is 1. The van der Waals surface area contributed by atoms with Gasteiger partial charge >= 0.3 is 0 Å². The van der Waals surface area contributed by atoms with E-state index in [1.54, 1.807) is 6.26 Å². The Balaban J connectivity index is 1.90. The first-order valence-electron chi connectivity index (χ1n) is 7.14. The molecular formula is C15H20N2O2. The van der Waals surface area contributed by atoms with Crippen molar-refractivity contribution < 1.29 is 9.21 Å². The zero-order valence-electron chi connectivity index (χ0n) is 11.3. The van der Waals surface area contributed by atoms with Gasteiger partial charge in [-0.2, -0.15) is 0 Å². The van der Waals surface area contributed by atoms with Gasteiger partial charge in [-0.3, -0.25) is 4.79 Å². The number of carbonyl (C=O) groups excluding carboxylic acids is 1. The number of nitrogens with zero attached hydrogens (tertiary/aromatic N) is 1. The first kappa shape index (κ1) is 12.3. The summed E-state index contributed by atoms with van der Waals surface area (Å²) in [7, 11) is 0. The lowest BCUT2D eigenvalue weighted by atomic mass is 9.85. The molecule has 1 amide bonds. The van der Waals surface area contributed by atoms with Gasteiger partial charge in [-0.05, 0) is 25.2 Å². The van der Waals surface area contributed by atoms with Crippen LogP contribution in [0.4, 0.5) is 0 Å². The van der Waals surface area contributed by atoms with E-state index >= 15 is 0 Å². The highest BCUT2D eigenvalue weighted by molar-refractivity contribution is 5.97. The maximum Gasteiger partial charge on any atom is 0.268 e. The van der Waals surface area contributed by atoms with E-state index in [1.165, 1.54) is 19.3 Å². The van der Waals surface area contributed by atoms with E-state index in [2.05, 4.69) is 16.8 Å². The summed E-state index contributed by atoms with van der Waals surface area (Å²) in [6, 6.07) is 3.81. The number of amides is 1. The van der Waals surface area contributed by atoms with E-state index in [9.17, 15) is 4.79 Å². The number of nitrogens with one attached hydrogen (secondary N) is 1. The van der Waals surface area contributed by atoms with E-state index in [1.807, 2.05) is 12.1 Å². The Morgan fingerprint density at radius 3 is 3.05 bits per heavy atom. The monoisotopic (exact) mass is 260 g/mol. The summed E-state index contributed by atoms with van der Waals surface area (Å²) in [4.78, 5) is 12.2. The fourth-order valence-corrected chi connectivity index (χ4v) is 2.62. The Bertz CT molecular complexity index is 578. The van der Waals surface area contributed by atoms with Crippen LogP contribution in [0.1, 0.15) is 43.1 Å². The highest BCUT2D eigenvalue weighted by Gasteiger charge is 2.23. The molecule has 1 aliphatic rings. The highest BCUT2D eigenvalue weighted by Crippen LogP contribution is 2.31. The van der Waals surface area contributed by atoms with Crippen LogP contribution < -0.4 is 5.32 Å². The minimum Gasteiger partial charge on any atom is -0.463 e. The number of fused-ring (bicyclic) bond motifs is 1. The van der Waals surface area contributed by atoms with E-state index in [0.717, 1.165) is 36.3 Å². The number of hydrogen-bond donors (Lipinski definition) is 1. The van der Waals surface area contributed by atoms with Crippen LogP contribution in [0.5, 0.6) is 0 Å². The van der Waals surface area contributed by atoms with Gasteiger partial charge in [0.1, 0.15) is 5.69 Å². The maximum absolute atomic E-state index is 12.2. The molecule has 102 valence electrons. The van der Waals surface area contributed by atoms with E-state index in [4.69, 9.17) is 4.42 Å². The van der Waals surface area contributed by atoms with Crippen LogP contribution >= 0.6 is 0 Å². The topological polar surface area (TPSA) is 47.2 Å². The molecule has 0 aromatic carbocycles. The molecule has 0 aliphatic heterocycles. The van der Waals surface area contributed by atoms with Crippen LogP contribution in [0.25, 0.3) is 11.1 Å². The van der Waals surface area contributed by atoms with Gasteiger partial charge in [0, 0.05) is 25.2 Å². The third-order valence-electron chi connectivity index (χ3n) is 3.96. The quantitative estimate of drug-likeness (QED) is 0.897. The van der Waals surface area contributed by atoms with Gasteiger partial charge in [0.25, 0.3) is 5.91 Å². The van der Waals surface area contributed by atoms with E-state index in [0.29, 0.717) is 5.92 Å². The van der Waals surface area contributed by atoms with Crippen LogP contribution in [0.15, 0.2) is 22.8 Å². The van der Waals surface area contributed by atoms with E-state index in [-0.39, 0.29) is 5.91 Å². The fraction of sp³-hybridized carbons (Fsp3) is 0.533. The van der Waals surface area contributed by atoms with Gasteiger partial charge in [0.15, 0.2) is 5.58 Å². The summed E-state index contributed by atoms with van der Waals surface area (Å²) >= 11 is 0. The molecule has 0 radical (unpaired) electrons. The Morgan fingerprint density at radius 2 is 2.37 bits per heavy atom. The average molecular weight is 260 g/mol. The number of hydrogen-bond acceptors (Lipinski definition) is 2. The Morgan fingerprint density at radius 1 is 1.53 bits per heavy atom. The molecule has 2 heterocycles. The Labute approximate surface area is 112 Å². The van der Waals surface area contributed by atoms with Crippen LogP contribution in [-0.2, 0) is 6.54 Å². The third kappa shape index (κ3) is 2.27. The summed E-state index contributed by atoms with van der Waals surface area (Å²) in [5.74, 6) is 0.718.